The van der Waals surface area contributed by atoms with Gasteiger partial charge >= 0.3 is 5.97 Å². The summed E-state index contributed by atoms with van der Waals surface area (Å²) in [6.45, 7) is 0.727. The van der Waals surface area contributed by atoms with Crippen molar-refractivity contribution < 1.29 is 14.3 Å². The molecule has 0 saturated carbocycles. The van der Waals surface area contributed by atoms with Gasteiger partial charge in [-0.15, -0.1) is 0 Å². The van der Waals surface area contributed by atoms with Gasteiger partial charge in [0.15, 0.2) is 0 Å². The van der Waals surface area contributed by atoms with Crippen LogP contribution in [0.4, 0.5) is 11.4 Å². The Hall–Kier alpha value is -4.13. The van der Waals surface area contributed by atoms with Gasteiger partial charge < -0.3 is 19.4 Å². The smallest absolute Gasteiger partial charge is 0.307 e. The van der Waals surface area contributed by atoms with Gasteiger partial charge in [-0.25, -0.2) is 4.99 Å². The second-order valence-electron chi connectivity index (χ2n) is 9.72. The van der Waals surface area contributed by atoms with Gasteiger partial charge in [-0.2, -0.15) is 0 Å². The Labute approximate surface area is 225 Å². The van der Waals surface area contributed by atoms with Crippen LogP contribution in [-0.4, -0.2) is 62.4 Å². The third kappa shape index (κ3) is 6.22. The highest BCUT2D eigenvalue weighted by Crippen LogP contribution is 2.40. The fourth-order valence-corrected chi connectivity index (χ4v) is 4.71. The largest absolute Gasteiger partial charge is 0.469 e. The zero-order chi connectivity index (χ0) is 27.1. The normalized spacial score (nSPS) is 14.4. The molecular weight excluding hydrogens is 476 g/mol. The van der Waals surface area contributed by atoms with Crippen LogP contribution in [0.3, 0.4) is 0 Å². The number of guanidine groups is 1. The highest BCUT2D eigenvalue weighted by molar-refractivity contribution is 6.01. The summed E-state index contributed by atoms with van der Waals surface area (Å²) in [4.78, 5) is 35.5. The zero-order valence-corrected chi connectivity index (χ0v) is 22.6. The predicted octanol–water partition coefficient (Wildman–Crippen LogP) is 5.66. The van der Waals surface area contributed by atoms with E-state index in [0.29, 0.717) is 6.42 Å². The number of nitrogens with zero attached hydrogens (tertiary/aromatic N) is 4. The first-order chi connectivity index (χ1) is 18.4. The molecule has 0 radical (unpaired) electrons. The molecule has 3 aromatic carbocycles. The number of anilines is 1. The minimum Gasteiger partial charge on any atom is -0.469 e. The van der Waals surface area contributed by atoms with E-state index in [1.807, 2.05) is 49.5 Å². The summed E-state index contributed by atoms with van der Waals surface area (Å²) in [6.07, 6.45) is 2.35. The highest BCUT2D eigenvalue weighted by Gasteiger charge is 2.34. The van der Waals surface area contributed by atoms with E-state index in [-0.39, 0.29) is 24.3 Å². The molecule has 0 bridgehead atoms. The standard InChI is InChI=1S/C31H36N4O3/c1-33(2)29(36)16-10-11-21-34(3)31-32-27-15-9-8-14-26(27)28(22-30(37)38-4)35(31)25-19-17-24(18-20-25)23-12-6-5-7-13-23/h5-9,12-15,17-20,28H,10-11,16,21-22H2,1-4H3. The molecule has 38 heavy (non-hydrogen) atoms. The molecule has 7 nitrogen and oxygen atoms in total. The fourth-order valence-electron chi connectivity index (χ4n) is 4.71. The van der Waals surface area contributed by atoms with Crippen molar-refractivity contribution in [3.05, 3.63) is 84.4 Å². The number of hydrogen-bond donors (Lipinski definition) is 0. The molecule has 0 aromatic heterocycles. The number of fused-ring (bicyclic) bond motifs is 1. The fraction of sp³-hybridized carbons (Fsp3) is 0.323. The topological polar surface area (TPSA) is 65.5 Å². The van der Waals surface area contributed by atoms with E-state index in [0.717, 1.165) is 53.4 Å². The number of esters is 1. The van der Waals surface area contributed by atoms with Gasteiger partial charge in [-0.05, 0) is 42.2 Å². The number of benzene rings is 3. The van der Waals surface area contributed by atoms with E-state index in [4.69, 9.17) is 9.73 Å². The number of carbonyl (C=O) groups excluding carboxylic acids is 2. The summed E-state index contributed by atoms with van der Waals surface area (Å²) in [7, 11) is 7.00. The number of para-hydroxylation sites is 1. The predicted molar refractivity (Wildman–Crippen MR) is 152 cm³/mol. The summed E-state index contributed by atoms with van der Waals surface area (Å²) in [5, 5.41) is 0. The minimum absolute atomic E-state index is 0.134. The van der Waals surface area contributed by atoms with Crippen LogP contribution in [-0.2, 0) is 14.3 Å². The monoisotopic (exact) mass is 512 g/mol. The Balaban J connectivity index is 1.67. The third-order valence-corrected chi connectivity index (χ3v) is 6.86. The summed E-state index contributed by atoms with van der Waals surface area (Å²) in [5.41, 5.74) is 5.05. The minimum atomic E-state index is -0.276. The molecule has 0 N–H and O–H groups in total. The lowest BCUT2D eigenvalue weighted by atomic mass is 9.97. The van der Waals surface area contributed by atoms with E-state index in [1.54, 1.807) is 19.0 Å². The van der Waals surface area contributed by atoms with Crippen LogP contribution in [0.2, 0.25) is 0 Å². The second-order valence-corrected chi connectivity index (χ2v) is 9.72. The van der Waals surface area contributed by atoms with Crippen LogP contribution >= 0.6 is 0 Å². The number of unbranched alkanes of at least 4 members (excludes halogenated alkanes) is 1. The van der Waals surface area contributed by atoms with Crippen molar-refractivity contribution in [3.8, 4) is 11.1 Å². The van der Waals surface area contributed by atoms with Gasteiger partial charge in [0.1, 0.15) is 0 Å². The van der Waals surface area contributed by atoms with Gasteiger partial charge in [0.05, 0.1) is 25.3 Å². The molecule has 0 saturated heterocycles. The average Bonchev–Trinajstić information content (AvgIpc) is 2.95. The van der Waals surface area contributed by atoms with Crippen LogP contribution < -0.4 is 4.90 Å². The molecule has 4 rings (SSSR count). The maximum absolute atomic E-state index is 12.6. The Kier molecular flexibility index (Phi) is 8.79. The number of amides is 1. The van der Waals surface area contributed by atoms with Gasteiger partial charge in [-0.1, -0.05) is 60.7 Å². The average molecular weight is 513 g/mol. The van der Waals surface area contributed by atoms with E-state index < -0.39 is 0 Å². The lowest BCUT2D eigenvalue weighted by Gasteiger charge is -2.41. The highest BCUT2D eigenvalue weighted by atomic mass is 16.5. The van der Waals surface area contributed by atoms with Crippen LogP contribution in [0, 0.1) is 0 Å². The van der Waals surface area contributed by atoms with Gasteiger partial charge in [0, 0.05) is 45.4 Å². The molecule has 1 amide bonds. The molecular formula is C31H36N4O3. The number of methoxy groups -OCH3 is 1. The first-order valence-electron chi connectivity index (χ1n) is 13.0. The third-order valence-electron chi connectivity index (χ3n) is 6.86. The number of rotatable bonds is 9. The van der Waals surface area contributed by atoms with Crippen LogP contribution in [0.5, 0.6) is 0 Å². The maximum atomic E-state index is 12.6. The van der Waals surface area contributed by atoms with E-state index in [9.17, 15) is 9.59 Å². The Bertz CT molecular complexity index is 1270. The molecule has 1 aliphatic rings. The van der Waals surface area contributed by atoms with E-state index in [2.05, 4.69) is 46.2 Å². The number of aliphatic imine (C=N–C) groups is 1. The zero-order valence-electron chi connectivity index (χ0n) is 22.6. The van der Waals surface area contributed by atoms with Gasteiger partial charge in [-0.3, -0.25) is 9.59 Å². The van der Waals surface area contributed by atoms with Crippen molar-refractivity contribution >= 4 is 29.2 Å². The number of hydrogen-bond acceptors (Lipinski definition) is 6. The molecule has 0 aliphatic carbocycles. The molecule has 198 valence electrons. The van der Waals surface area contributed by atoms with Crippen LogP contribution in [0.15, 0.2) is 83.9 Å². The second kappa shape index (κ2) is 12.4. The lowest BCUT2D eigenvalue weighted by Crippen LogP contribution is -2.47. The van der Waals surface area contributed by atoms with E-state index in [1.165, 1.54) is 7.11 Å². The molecule has 3 aromatic rings. The van der Waals surface area contributed by atoms with Gasteiger partial charge in [0.25, 0.3) is 0 Å². The first-order valence-corrected chi connectivity index (χ1v) is 13.0. The van der Waals surface area contributed by atoms with Crippen molar-refractivity contribution in [2.24, 2.45) is 4.99 Å². The Morgan fingerprint density at radius 3 is 2.21 bits per heavy atom. The van der Waals surface area contributed by atoms with Crippen molar-refractivity contribution in [2.45, 2.75) is 31.7 Å². The molecule has 1 aliphatic heterocycles. The Morgan fingerprint density at radius 2 is 1.53 bits per heavy atom. The molecule has 1 unspecified atom stereocenters. The quantitative estimate of drug-likeness (QED) is 0.274. The molecule has 0 fully saturated rings. The maximum Gasteiger partial charge on any atom is 0.307 e. The Morgan fingerprint density at radius 1 is 0.868 bits per heavy atom. The number of ether oxygens (including phenoxy) is 1. The SMILES string of the molecule is COC(=O)CC1c2ccccc2N=C(N(C)CCCCC(=O)N(C)C)N1c1ccc(-c2ccccc2)cc1. The summed E-state index contributed by atoms with van der Waals surface area (Å²) in [6, 6.07) is 26.3. The van der Waals surface area contributed by atoms with Gasteiger partial charge in [0.2, 0.25) is 11.9 Å². The molecule has 7 heteroatoms. The van der Waals surface area contributed by atoms with Crippen molar-refractivity contribution in [3.63, 3.8) is 0 Å². The summed E-state index contributed by atoms with van der Waals surface area (Å²) in [5.74, 6) is 0.626. The van der Waals surface area contributed by atoms with Crippen molar-refractivity contribution in [2.75, 3.05) is 39.7 Å². The summed E-state index contributed by atoms with van der Waals surface area (Å²) < 4.78 is 5.09. The summed E-state index contributed by atoms with van der Waals surface area (Å²) >= 11 is 0. The molecule has 1 heterocycles. The van der Waals surface area contributed by atoms with Crippen molar-refractivity contribution in [1.29, 1.82) is 0 Å². The first kappa shape index (κ1) is 26.9. The molecule has 1 atom stereocenters. The van der Waals surface area contributed by atoms with Crippen LogP contribution in [0.1, 0.15) is 37.3 Å². The van der Waals surface area contributed by atoms with Crippen LogP contribution in [0.25, 0.3) is 11.1 Å². The number of carbonyl (C=O) groups is 2. The van der Waals surface area contributed by atoms with Crippen molar-refractivity contribution in [1.82, 2.24) is 9.80 Å². The lowest BCUT2D eigenvalue weighted by molar-refractivity contribution is -0.141. The molecule has 0 spiro atoms. The van der Waals surface area contributed by atoms with E-state index >= 15 is 0 Å².